The Balaban J connectivity index is 2.09. The maximum Gasteiger partial charge on any atom is 0.109 e. The molecule has 0 amide bonds. The van der Waals surface area contributed by atoms with Gasteiger partial charge in [-0.05, 0) is 62.9 Å². The molecule has 2 aliphatic rings. The Morgan fingerprint density at radius 2 is 1.60 bits per heavy atom. The van der Waals surface area contributed by atoms with E-state index in [1.807, 2.05) is 0 Å². The highest BCUT2D eigenvalue weighted by atomic mass is 15.2. The molecule has 2 fully saturated rings. The van der Waals surface area contributed by atoms with Crippen molar-refractivity contribution in [3.63, 3.8) is 0 Å². The lowest BCUT2D eigenvalue weighted by molar-refractivity contribution is 0.119. The summed E-state index contributed by atoms with van der Waals surface area (Å²) in [6.07, 6.45) is 11.2. The highest BCUT2D eigenvalue weighted by Gasteiger charge is 2.40. The number of nitrogens with zero attached hydrogens (tertiary/aromatic N) is 2. The van der Waals surface area contributed by atoms with Gasteiger partial charge in [-0.3, -0.25) is 4.90 Å². The van der Waals surface area contributed by atoms with E-state index in [1.54, 1.807) is 0 Å². The first-order valence-electron chi connectivity index (χ1n) is 8.64. The monoisotopic (exact) mass is 276 g/mol. The van der Waals surface area contributed by atoms with Crippen molar-refractivity contribution >= 4 is 0 Å². The molecule has 0 bridgehead atoms. The van der Waals surface area contributed by atoms with Crippen molar-refractivity contribution in [1.29, 1.82) is 5.26 Å². The molecule has 1 saturated carbocycles. The molecule has 1 saturated heterocycles. The predicted octanol–water partition coefficient (Wildman–Crippen LogP) is 4.75. The van der Waals surface area contributed by atoms with E-state index in [-0.39, 0.29) is 5.54 Å². The zero-order valence-corrected chi connectivity index (χ0v) is 13.7. The van der Waals surface area contributed by atoms with Gasteiger partial charge in [0.15, 0.2) is 0 Å². The second kappa shape index (κ2) is 6.48. The van der Waals surface area contributed by atoms with E-state index in [0.29, 0.717) is 5.41 Å². The molecule has 2 heteroatoms. The molecular weight excluding hydrogens is 244 g/mol. The van der Waals surface area contributed by atoms with E-state index in [1.165, 1.54) is 44.9 Å². The first kappa shape index (κ1) is 15.8. The number of likely N-dealkylation sites (tertiary alicyclic amines) is 1. The van der Waals surface area contributed by atoms with E-state index < -0.39 is 0 Å². The van der Waals surface area contributed by atoms with Crippen LogP contribution in [0.4, 0.5) is 0 Å². The van der Waals surface area contributed by atoms with Crippen LogP contribution < -0.4 is 0 Å². The van der Waals surface area contributed by atoms with Gasteiger partial charge in [0.1, 0.15) is 5.54 Å². The lowest BCUT2D eigenvalue weighted by Gasteiger charge is -2.38. The van der Waals surface area contributed by atoms with Gasteiger partial charge in [-0.25, -0.2) is 0 Å². The second-order valence-corrected chi connectivity index (χ2v) is 8.04. The van der Waals surface area contributed by atoms with Crippen LogP contribution in [0.5, 0.6) is 0 Å². The highest BCUT2D eigenvalue weighted by molar-refractivity contribution is 5.10. The van der Waals surface area contributed by atoms with E-state index in [0.717, 1.165) is 31.8 Å². The zero-order valence-electron chi connectivity index (χ0n) is 13.7. The lowest BCUT2D eigenvalue weighted by Crippen LogP contribution is -2.48. The van der Waals surface area contributed by atoms with Crippen LogP contribution in [0, 0.1) is 22.7 Å². The van der Waals surface area contributed by atoms with Crippen LogP contribution in [0.2, 0.25) is 0 Å². The summed E-state index contributed by atoms with van der Waals surface area (Å²) < 4.78 is 0. The summed E-state index contributed by atoms with van der Waals surface area (Å²) in [7, 11) is 0. The molecule has 114 valence electrons. The van der Waals surface area contributed by atoms with E-state index in [9.17, 15) is 5.26 Å². The third-order valence-corrected chi connectivity index (χ3v) is 5.69. The van der Waals surface area contributed by atoms with Gasteiger partial charge in [0.05, 0.1) is 6.07 Å². The molecule has 1 aliphatic carbocycles. The van der Waals surface area contributed by atoms with Gasteiger partial charge in [0, 0.05) is 0 Å². The van der Waals surface area contributed by atoms with Crippen LogP contribution in [0.15, 0.2) is 0 Å². The van der Waals surface area contributed by atoms with Crippen LogP contribution >= 0.6 is 0 Å². The molecule has 0 aromatic heterocycles. The van der Waals surface area contributed by atoms with Crippen molar-refractivity contribution in [3.05, 3.63) is 0 Å². The summed E-state index contributed by atoms with van der Waals surface area (Å²) in [6, 6.07) is 2.75. The van der Waals surface area contributed by atoms with Crippen molar-refractivity contribution in [2.24, 2.45) is 11.3 Å². The molecule has 1 aliphatic heterocycles. The molecular formula is C18H32N2. The number of hydrogen-bond acceptors (Lipinski definition) is 2. The fraction of sp³-hybridized carbons (Fsp3) is 0.944. The molecule has 2 atom stereocenters. The third kappa shape index (κ3) is 3.55. The van der Waals surface area contributed by atoms with Gasteiger partial charge < -0.3 is 0 Å². The molecule has 2 unspecified atom stereocenters. The smallest absolute Gasteiger partial charge is 0.109 e. The predicted molar refractivity (Wildman–Crippen MR) is 84.4 cm³/mol. The fourth-order valence-corrected chi connectivity index (χ4v) is 4.19. The Hall–Kier alpha value is -0.550. The summed E-state index contributed by atoms with van der Waals surface area (Å²) in [6.45, 7) is 9.39. The van der Waals surface area contributed by atoms with Gasteiger partial charge in [-0.2, -0.15) is 5.26 Å². The van der Waals surface area contributed by atoms with Gasteiger partial charge in [0.2, 0.25) is 0 Å². The number of rotatable bonds is 1. The van der Waals surface area contributed by atoms with E-state index >= 15 is 0 Å². The average molecular weight is 276 g/mol. The van der Waals surface area contributed by atoms with Crippen LogP contribution in [-0.4, -0.2) is 23.5 Å². The van der Waals surface area contributed by atoms with Gasteiger partial charge >= 0.3 is 0 Å². The average Bonchev–Trinajstić information content (AvgIpc) is 2.79. The van der Waals surface area contributed by atoms with Crippen molar-refractivity contribution in [1.82, 2.24) is 4.90 Å². The minimum atomic E-state index is -0.148. The quantitative estimate of drug-likeness (QED) is 0.646. The van der Waals surface area contributed by atoms with Crippen molar-refractivity contribution < 1.29 is 0 Å². The molecule has 0 N–H and O–H groups in total. The van der Waals surface area contributed by atoms with Crippen LogP contribution in [-0.2, 0) is 0 Å². The van der Waals surface area contributed by atoms with E-state index in [2.05, 4.69) is 31.7 Å². The number of hydrogen-bond donors (Lipinski definition) is 0. The molecule has 1 heterocycles. The van der Waals surface area contributed by atoms with Crippen molar-refractivity contribution in [2.75, 3.05) is 13.1 Å². The second-order valence-electron chi connectivity index (χ2n) is 8.04. The largest absolute Gasteiger partial charge is 0.286 e. The topological polar surface area (TPSA) is 27.0 Å². The van der Waals surface area contributed by atoms with Crippen LogP contribution in [0.3, 0.4) is 0 Å². The molecule has 0 spiro atoms. The van der Waals surface area contributed by atoms with Gasteiger partial charge in [-0.15, -0.1) is 0 Å². The SMILES string of the molecule is CC(C)(C)C1CCCC(C#N)(N2CCCCCC2)CC1. The number of nitriles is 1. The Kier molecular flexibility index (Phi) is 5.13. The Bertz CT molecular complexity index is 341. The van der Waals surface area contributed by atoms with Gasteiger partial charge in [-0.1, -0.05) is 40.0 Å². The van der Waals surface area contributed by atoms with Crippen LogP contribution in [0.1, 0.15) is 78.6 Å². The summed E-state index contributed by atoms with van der Waals surface area (Å²) >= 11 is 0. The summed E-state index contributed by atoms with van der Waals surface area (Å²) in [5, 5.41) is 9.91. The summed E-state index contributed by atoms with van der Waals surface area (Å²) in [4.78, 5) is 2.55. The minimum Gasteiger partial charge on any atom is -0.286 e. The molecule has 2 nitrogen and oxygen atoms in total. The summed E-state index contributed by atoms with van der Waals surface area (Å²) in [5.74, 6) is 0.782. The minimum absolute atomic E-state index is 0.148. The van der Waals surface area contributed by atoms with Gasteiger partial charge in [0.25, 0.3) is 0 Å². The lowest BCUT2D eigenvalue weighted by atomic mass is 9.76. The first-order valence-corrected chi connectivity index (χ1v) is 8.64. The Labute approximate surface area is 125 Å². The first-order chi connectivity index (χ1) is 9.48. The molecule has 0 radical (unpaired) electrons. The maximum absolute atomic E-state index is 9.91. The Morgan fingerprint density at radius 3 is 2.15 bits per heavy atom. The zero-order chi connectivity index (χ0) is 14.6. The summed E-state index contributed by atoms with van der Waals surface area (Å²) in [5.41, 5.74) is 0.245. The van der Waals surface area contributed by atoms with Crippen molar-refractivity contribution in [3.8, 4) is 6.07 Å². The molecule has 20 heavy (non-hydrogen) atoms. The van der Waals surface area contributed by atoms with Crippen LogP contribution in [0.25, 0.3) is 0 Å². The molecule has 0 aromatic carbocycles. The highest BCUT2D eigenvalue weighted by Crippen LogP contribution is 2.42. The maximum atomic E-state index is 9.91. The Morgan fingerprint density at radius 1 is 0.950 bits per heavy atom. The molecule has 0 aromatic rings. The normalized spacial score (nSPS) is 34.0. The van der Waals surface area contributed by atoms with Crippen molar-refractivity contribution in [2.45, 2.75) is 84.1 Å². The molecule has 2 rings (SSSR count). The van der Waals surface area contributed by atoms with E-state index in [4.69, 9.17) is 0 Å². The third-order valence-electron chi connectivity index (χ3n) is 5.69. The fourth-order valence-electron chi connectivity index (χ4n) is 4.19. The standard InChI is InChI=1S/C18H32N2/c1-17(2,3)16-9-8-11-18(15-19,12-10-16)20-13-6-4-5-7-14-20/h16H,4-14H2,1-3H3.